The first-order valence-electron chi connectivity index (χ1n) is 9.91. The number of quaternary nitrogens is 1. The SMILES string of the molecule is N[N+]12C=CN=CC1=C(C1=CC=C1)N=C2c1cc2nc(-c3ccccc3)ccc2cc1F. The number of allylic oxidation sites excluding steroid dienone is 4. The third-order valence-corrected chi connectivity index (χ3v) is 5.71. The van der Waals surface area contributed by atoms with E-state index in [9.17, 15) is 0 Å². The number of nitrogens with zero attached hydrogens (tertiary/aromatic N) is 4. The number of aromatic nitrogens is 1. The van der Waals surface area contributed by atoms with Crippen LogP contribution in [0.15, 0.2) is 112 Å². The lowest BCUT2D eigenvalue weighted by molar-refractivity contribution is -0.750. The fourth-order valence-corrected chi connectivity index (χ4v) is 4.01. The summed E-state index contributed by atoms with van der Waals surface area (Å²) in [6.07, 6.45) is 10.8. The van der Waals surface area contributed by atoms with E-state index in [1.54, 1.807) is 24.7 Å². The predicted molar refractivity (Wildman–Crippen MR) is 120 cm³/mol. The zero-order chi connectivity index (χ0) is 21.0. The van der Waals surface area contributed by atoms with E-state index in [0.29, 0.717) is 28.3 Å². The molecule has 0 amide bonds. The fourth-order valence-electron chi connectivity index (χ4n) is 4.01. The van der Waals surface area contributed by atoms with Gasteiger partial charge in [-0.25, -0.2) is 9.37 Å². The van der Waals surface area contributed by atoms with Crippen LogP contribution in [0, 0.1) is 5.82 Å². The maximum atomic E-state index is 15.3. The Kier molecular flexibility index (Phi) is 3.74. The van der Waals surface area contributed by atoms with Crippen molar-refractivity contribution in [2.45, 2.75) is 0 Å². The number of nitrogens with two attached hydrogens (primary N) is 1. The van der Waals surface area contributed by atoms with Gasteiger partial charge in [-0.2, -0.15) is 10.8 Å². The van der Waals surface area contributed by atoms with E-state index in [1.165, 1.54) is 6.07 Å². The quantitative estimate of drug-likeness (QED) is 0.504. The molecule has 1 unspecified atom stereocenters. The van der Waals surface area contributed by atoms with Crippen molar-refractivity contribution in [3.05, 3.63) is 114 Å². The minimum Gasteiger partial charge on any atom is -0.253 e. The second-order valence-electron chi connectivity index (χ2n) is 7.59. The van der Waals surface area contributed by atoms with Crippen molar-refractivity contribution in [2.24, 2.45) is 15.8 Å². The van der Waals surface area contributed by atoms with Crippen LogP contribution in [0.4, 0.5) is 4.39 Å². The van der Waals surface area contributed by atoms with Gasteiger partial charge in [0.15, 0.2) is 0 Å². The molecule has 3 heterocycles. The van der Waals surface area contributed by atoms with Crippen LogP contribution in [0.5, 0.6) is 0 Å². The molecule has 1 atom stereocenters. The molecule has 0 saturated heterocycles. The Morgan fingerprint density at radius 1 is 1.00 bits per heavy atom. The molecule has 3 aliphatic rings. The molecular formula is C25H17FN5+. The lowest BCUT2D eigenvalue weighted by Crippen LogP contribution is -2.53. The van der Waals surface area contributed by atoms with Crippen LogP contribution >= 0.6 is 0 Å². The Balaban J connectivity index is 1.52. The highest BCUT2D eigenvalue weighted by atomic mass is 19.1. The number of amidine groups is 1. The molecular weight excluding hydrogens is 389 g/mol. The van der Waals surface area contributed by atoms with Gasteiger partial charge >= 0.3 is 0 Å². The normalized spacial score (nSPS) is 21.2. The van der Waals surface area contributed by atoms with Gasteiger partial charge < -0.3 is 0 Å². The summed E-state index contributed by atoms with van der Waals surface area (Å²) < 4.78 is 15.0. The second-order valence-corrected chi connectivity index (χ2v) is 7.59. The van der Waals surface area contributed by atoms with Gasteiger partial charge in [0.1, 0.15) is 17.7 Å². The first kappa shape index (κ1) is 17.8. The van der Waals surface area contributed by atoms with E-state index < -0.39 is 5.82 Å². The van der Waals surface area contributed by atoms with Gasteiger partial charge in [0, 0.05) is 16.5 Å². The summed E-state index contributed by atoms with van der Waals surface area (Å²) in [7, 11) is 0. The van der Waals surface area contributed by atoms with Gasteiger partial charge in [-0.15, -0.1) is 4.59 Å². The molecule has 6 rings (SSSR count). The van der Waals surface area contributed by atoms with Crippen LogP contribution in [-0.4, -0.2) is 21.6 Å². The molecule has 1 aliphatic carbocycles. The number of hydrogen-bond acceptors (Lipinski definition) is 4. The topological polar surface area (TPSA) is 63.6 Å². The van der Waals surface area contributed by atoms with E-state index in [1.807, 2.05) is 60.7 Å². The fraction of sp³-hybridized carbons (Fsp3) is 0. The Morgan fingerprint density at radius 2 is 1.84 bits per heavy atom. The van der Waals surface area contributed by atoms with E-state index in [-0.39, 0.29) is 4.59 Å². The van der Waals surface area contributed by atoms with Gasteiger partial charge in [0.25, 0.3) is 5.84 Å². The molecule has 0 radical (unpaired) electrons. The van der Waals surface area contributed by atoms with Crippen LogP contribution in [0.3, 0.4) is 0 Å². The molecule has 5 nitrogen and oxygen atoms in total. The third kappa shape index (κ3) is 2.66. The van der Waals surface area contributed by atoms with E-state index >= 15 is 4.39 Å². The van der Waals surface area contributed by atoms with Crippen molar-refractivity contribution < 1.29 is 8.98 Å². The summed E-state index contributed by atoms with van der Waals surface area (Å²) in [6, 6.07) is 16.9. The molecule has 2 N–H and O–H groups in total. The lowest BCUT2D eigenvalue weighted by Gasteiger charge is -2.26. The third-order valence-electron chi connectivity index (χ3n) is 5.71. The molecule has 148 valence electrons. The van der Waals surface area contributed by atoms with Gasteiger partial charge in [0.2, 0.25) is 5.70 Å². The minimum atomic E-state index is -0.391. The van der Waals surface area contributed by atoms with Crippen molar-refractivity contribution in [3.63, 3.8) is 0 Å². The summed E-state index contributed by atoms with van der Waals surface area (Å²) >= 11 is 0. The maximum absolute atomic E-state index is 15.3. The number of hydrogen-bond donors (Lipinski definition) is 1. The number of fused-ring (bicyclic) bond motifs is 2. The lowest BCUT2D eigenvalue weighted by atomic mass is 10.0. The summed E-state index contributed by atoms with van der Waals surface area (Å²) in [4.78, 5) is 13.7. The first-order valence-corrected chi connectivity index (χ1v) is 9.91. The first-order chi connectivity index (χ1) is 15.1. The van der Waals surface area contributed by atoms with Gasteiger partial charge in [-0.1, -0.05) is 54.6 Å². The van der Waals surface area contributed by atoms with Crippen molar-refractivity contribution in [2.75, 3.05) is 0 Å². The Labute approximate surface area is 177 Å². The molecule has 31 heavy (non-hydrogen) atoms. The number of benzene rings is 2. The molecule has 6 heteroatoms. The number of pyridine rings is 1. The number of halogens is 1. The Hall–Kier alpha value is -4.00. The Bertz CT molecular complexity index is 1440. The van der Waals surface area contributed by atoms with Gasteiger partial charge in [-0.3, -0.25) is 4.99 Å². The standard InChI is InChI=1S/C25H17FN5/c26-20-13-18-9-10-21(16-5-2-1-3-6-16)29-22(18)14-19(20)25-30-24(17-7-4-8-17)23-15-28-11-12-31(23,25)27/h1-15H,27H2/q+1. The molecule has 0 bridgehead atoms. The van der Waals surface area contributed by atoms with Crippen LogP contribution in [-0.2, 0) is 0 Å². The summed E-state index contributed by atoms with van der Waals surface area (Å²) in [5.74, 6) is 6.73. The van der Waals surface area contributed by atoms with Crippen molar-refractivity contribution in [1.82, 2.24) is 4.98 Å². The van der Waals surface area contributed by atoms with E-state index in [0.717, 1.165) is 22.2 Å². The zero-order valence-corrected chi connectivity index (χ0v) is 16.4. The summed E-state index contributed by atoms with van der Waals surface area (Å²) in [5.41, 5.74) is 5.19. The summed E-state index contributed by atoms with van der Waals surface area (Å²) in [6.45, 7) is 0. The number of rotatable bonds is 3. The highest BCUT2D eigenvalue weighted by molar-refractivity contribution is 6.03. The van der Waals surface area contributed by atoms with Crippen LogP contribution in [0.1, 0.15) is 5.56 Å². The van der Waals surface area contributed by atoms with E-state index in [4.69, 9.17) is 15.8 Å². The molecule has 0 saturated carbocycles. The van der Waals surface area contributed by atoms with Crippen molar-refractivity contribution in [1.29, 1.82) is 0 Å². The molecule has 0 spiro atoms. The molecule has 2 aromatic carbocycles. The highest BCUT2D eigenvalue weighted by Crippen LogP contribution is 2.37. The second kappa shape index (κ2) is 6.50. The smallest absolute Gasteiger partial charge is 0.253 e. The van der Waals surface area contributed by atoms with Gasteiger partial charge in [-0.05, 0) is 18.2 Å². The zero-order valence-electron chi connectivity index (χ0n) is 16.4. The molecule has 0 fully saturated rings. The largest absolute Gasteiger partial charge is 0.268 e. The average Bonchev–Trinajstić information content (AvgIpc) is 3.05. The van der Waals surface area contributed by atoms with E-state index in [2.05, 4.69) is 4.99 Å². The minimum absolute atomic E-state index is 0.231. The van der Waals surface area contributed by atoms with Crippen LogP contribution in [0.2, 0.25) is 0 Å². The van der Waals surface area contributed by atoms with Crippen molar-refractivity contribution >= 4 is 23.0 Å². The highest BCUT2D eigenvalue weighted by Gasteiger charge is 2.45. The predicted octanol–water partition coefficient (Wildman–Crippen LogP) is 4.76. The van der Waals surface area contributed by atoms with Crippen LogP contribution < -0.4 is 5.84 Å². The maximum Gasteiger partial charge on any atom is 0.268 e. The number of aliphatic imine (C=N–C) groups is 2. The average molecular weight is 406 g/mol. The molecule has 2 aliphatic heterocycles. The van der Waals surface area contributed by atoms with Crippen LogP contribution in [0.25, 0.3) is 22.2 Å². The van der Waals surface area contributed by atoms with Crippen molar-refractivity contribution in [3.8, 4) is 11.3 Å². The summed E-state index contributed by atoms with van der Waals surface area (Å²) in [5, 5.41) is 0.719. The van der Waals surface area contributed by atoms with Gasteiger partial charge in [0.05, 0.1) is 29.2 Å². The Morgan fingerprint density at radius 3 is 2.61 bits per heavy atom. The molecule has 3 aromatic rings. The monoisotopic (exact) mass is 406 g/mol. The molecule has 1 aromatic heterocycles.